The van der Waals surface area contributed by atoms with E-state index in [0.29, 0.717) is 6.04 Å². The Kier molecular flexibility index (Phi) is 4.83. The third-order valence-corrected chi connectivity index (χ3v) is 4.99. The van der Waals surface area contributed by atoms with Crippen LogP contribution in [-0.4, -0.2) is 18.8 Å². The molecule has 0 bridgehead atoms. The lowest BCUT2D eigenvalue weighted by molar-refractivity contribution is -0.0725. The van der Waals surface area contributed by atoms with E-state index in [-0.39, 0.29) is 5.60 Å². The Labute approximate surface area is 105 Å². The molecule has 0 aliphatic heterocycles. The molecule has 3 N–H and O–H groups in total. The number of ether oxygens (including phenoxy) is 1. The van der Waals surface area contributed by atoms with E-state index < -0.39 is 0 Å². The molecule has 0 amide bonds. The van der Waals surface area contributed by atoms with Gasteiger partial charge in [0.2, 0.25) is 0 Å². The predicted molar refractivity (Wildman–Crippen MR) is 70.5 cm³/mol. The molecule has 2 aliphatic carbocycles. The Morgan fingerprint density at radius 3 is 2.35 bits per heavy atom. The molecule has 100 valence electrons. The van der Waals surface area contributed by atoms with Gasteiger partial charge in [-0.25, -0.2) is 0 Å². The van der Waals surface area contributed by atoms with Crippen molar-refractivity contribution < 1.29 is 4.74 Å². The summed E-state index contributed by atoms with van der Waals surface area (Å²) in [5.41, 5.74) is 3.07. The summed E-state index contributed by atoms with van der Waals surface area (Å²) in [6, 6.07) is 0.343. The van der Waals surface area contributed by atoms with Crippen LogP contribution in [0.25, 0.3) is 0 Å². The van der Waals surface area contributed by atoms with Gasteiger partial charge in [-0.15, -0.1) is 0 Å². The van der Waals surface area contributed by atoms with Gasteiger partial charge >= 0.3 is 0 Å². The zero-order chi connectivity index (χ0) is 12.1. The molecule has 3 heteroatoms. The van der Waals surface area contributed by atoms with Gasteiger partial charge in [-0.1, -0.05) is 44.9 Å². The summed E-state index contributed by atoms with van der Waals surface area (Å²) >= 11 is 0. The Hall–Kier alpha value is -0.120. The molecule has 0 aromatic heterocycles. The monoisotopic (exact) mass is 240 g/mol. The first kappa shape index (κ1) is 13.3. The zero-order valence-corrected chi connectivity index (χ0v) is 11.2. The Bertz CT molecular complexity index is 220. The topological polar surface area (TPSA) is 47.3 Å². The lowest BCUT2D eigenvalue weighted by Gasteiger charge is -2.43. The molecule has 1 atom stereocenters. The van der Waals surface area contributed by atoms with Crippen LogP contribution in [0.15, 0.2) is 0 Å². The van der Waals surface area contributed by atoms with Crippen molar-refractivity contribution in [2.75, 3.05) is 7.11 Å². The number of nitrogens with one attached hydrogen (secondary N) is 1. The van der Waals surface area contributed by atoms with Crippen molar-refractivity contribution >= 4 is 0 Å². The SMILES string of the molecule is COC1(C(CC2CCCC2)NN)CCCCC1. The zero-order valence-electron chi connectivity index (χ0n) is 11.2. The Morgan fingerprint density at radius 1 is 1.18 bits per heavy atom. The van der Waals surface area contributed by atoms with Crippen LogP contribution in [0.4, 0.5) is 0 Å². The third kappa shape index (κ3) is 3.01. The lowest BCUT2D eigenvalue weighted by atomic mass is 9.76. The van der Waals surface area contributed by atoms with Crippen molar-refractivity contribution in [1.82, 2.24) is 5.43 Å². The van der Waals surface area contributed by atoms with Crippen LogP contribution in [-0.2, 0) is 4.74 Å². The van der Waals surface area contributed by atoms with Gasteiger partial charge in [0.1, 0.15) is 0 Å². The number of hydrogen-bond donors (Lipinski definition) is 2. The molecular weight excluding hydrogens is 212 g/mol. The van der Waals surface area contributed by atoms with E-state index in [2.05, 4.69) is 5.43 Å². The van der Waals surface area contributed by atoms with E-state index >= 15 is 0 Å². The molecule has 17 heavy (non-hydrogen) atoms. The number of hydrogen-bond acceptors (Lipinski definition) is 3. The molecule has 0 radical (unpaired) electrons. The predicted octanol–water partition coefficient (Wildman–Crippen LogP) is 2.75. The smallest absolute Gasteiger partial charge is 0.0844 e. The Morgan fingerprint density at radius 2 is 1.82 bits per heavy atom. The number of methoxy groups -OCH3 is 1. The van der Waals surface area contributed by atoms with Crippen LogP contribution in [0.2, 0.25) is 0 Å². The minimum absolute atomic E-state index is 0.00951. The third-order valence-electron chi connectivity index (χ3n) is 4.99. The van der Waals surface area contributed by atoms with Crippen molar-refractivity contribution in [1.29, 1.82) is 0 Å². The van der Waals surface area contributed by atoms with Crippen LogP contribution in [0, 0.1) is 5.92 Å². The van der Waals surface area contributed by atoms with Gasteiger partial charge in [-0.2, -0.15) is 0 Å². The largest absolute Gasteiger partial charge is 0.377 e. The molecule has 0 aromatic rings. The van der Waals surface area contributed by atoms with E-state index in [1.165, 1.54) is 64.2 Å². The van der Waals surface area contributed by atoms with E-state index in [1.54, 1.807) is 0 Å². The van der Waals surface area contributed by atoms with Gasteiger partial charge < -0.3 is 4.74 Å². The van der Waals surface area contributed by atoms with Crippen LogP contribution in [0.5, 0.6) is 0 Å². The highest BCUT2D eigenvalue weighted by Gasteiger charge is 2.40. The summed E-state index contributed by atoms with van der Waals surface area (Å²) in [6.45, 7) is 0. The fourth-order valence-electron chi connectivity index (χ4n) is 3.86. The van der Waals surface area contributed by atoms with Gasteiger partial charge in [-0.05, 0) is 25.2 Å². The second kappa shape index (κ2) is 6.17. The van der Waals surface area contributed by atoms with Crippen LogP contribution >= 0.6 is 0 Å². The highest BCUT2D eigenvalue weighted by atomic mass is 16.5. The minimum Gasteiger partial charge on any atom is -0.377 e. The second-order valence-electron chi connectivity index (χ2n) is 5.93. The van der Waals surface area contributed by atoms with E-state index in [9.17, 15) is 0 Å². The number of nitrogens with two attached hydrogens (primary N) is 1. The molecule has 2 rings (SSSR count). The molecule has 0 heterocycles. The summed E-state index contributed by atoms with van der Waals surface area (Å²) in [5.74, 6) is 6.68. The maximum absolute atomic E-state index is 5.90. The van der Waals surface area contributed by atoms with Crippen molar-refractivity contribution in [2.45, 2.75) is 75.9 Å². The second-order valence-corrected chi connectivity index (χ2v) is 5.93. The Balaban J connectivity index is 1.97. The summed E-state index contributed by atoms with van der Waals surface area (Å²) < 4.78 is 5.90. The number of rotatable bonds is 5. The molecule has 1 unspecified atom stereocenters. The summed E-state index contributed by atoms with van der Waals surface area (Å²) in [4.78, 5) is 0. The molecule has 3 nitrogen and oxygen atoms in total. The maximum atomic E-state index is 5.90. The standard InChI is InChI=1S/C14H28N2O/c1-17-14(9-5-2-6-10-14)13(16-15)11-12-7-3-4-8-12/h12-13,16H,2-11,15H2,1H3. The van der Waals surface area contributed by atoms with Crippen molar-refractivity contribution in [3.05, 3.63) is 0 Å². The quantitative estimate of drug-likeness (QED) is 0.574. The van der Waals surface area contributed by atoms with Crippen LogP contribution in [0.3, 0.4) is 0 Å². The highest BCUT2D eigenvalue weighted by Crippen LogP contribution is 2.38. The van der Waals surface area contributed by atoms with E-state index in [0.717, 1.165) is 5.92 Å². The normalized spacial score (nSPS) is 27.2. The van der Waals surface area contributed by atoms with E-state index in [4.69, 9.17) is 10.6 Å². The van der Waals surface area contributed by atoms with Gasteiger partial charge in [0.05, 0.1) is 11.6 Å². The van der Waals surface area contributed by atoms with Crippen molar-refractivity contribution in [3.63, 3.8) is 0 Å². The highest BCUT2D eigenvalue weighted by molar-refractivity contribution is 4.95. The van der Waals surface area contributed by atoms with Gasteiger partial charge in [-0.3, -0.25) is 11.3 Å². The molecule has 0 aromatic carbocycles. The van der Waals surface area contributed by atoms with Gasteiger partial charge in [0, 0.05) is 7.11 Å². The van der Waals surface area contributed by atoms with Crippen molar-refractivity contribution in [3.8, 4) is 0 Å². The fraction of sp³-hybridized carbons (Fsp3) is 1.00. The molecule has 0 spiro atoms. The van der Waals surface area contributed by atoms with Gasteiger partial charge in [0.25, 0.3) is 0 Å². The summed E-state index contributed by atoms with van der Waals surface area (Å²) in [6.07, 6.45) is 13.1. The molecule has 2 aliphatic rings. The summed E-state index contributed by atoms with van der Waals surface area (Å²) in [7, 11) is 1.87. The van der Waals surface area contributed by atoms with E-state index in [1.807, 2.05) is 7.11 Å². The first-order chi connectivity index (χ1) is 8.30. The number of hydrazine groups is 1. The minimum atomic E-state index is 0.00951. The lowest BCUT2D eigenvalue weighted by Crippen LogP contribution is -2.56. The first-order valence-electron chi connectivity index (χ1n) is 7.32. The van der Waals surface area contributed by atoms with Crippen LogP contribution < -0.4 is 11.3 Å². The molecule has 2 fully saturated rings. The summed E-state index contributed by atoms with van der Waals surface area (Å²) in [5, 5.41) is 0. The molecule has 2 saturated carbocycles. The van der Waals surface area contributed by atoms with Crippen LogP contribution in [0.1, 0.15) is 64.2 Å². The van der Waals surface area contributed by atoms with Crippen molar-refractivity contribution in [2.24, 2.45) is 11.8 Å². The maximum Gasteiger partial charge on any atom is 0.0844 e. The van der Waals surface area contributed by atoms with Gasteiger partial charge in [0.15, 0.2) is 0 Å². The first-order valence-corrected chi connectivity index (χ1v) is 7.32. The fourth-order valence-corrected chi connectivity index (χ4v) is 3.86. The average Bonchev–Trinajstić information content (AvgIpc) is 2.89. The molecular formula is C14H28N2O. The molecule has 0 saturated heterocycles. The average molecular weight is 240 g/mol.